The number of carbonyl (C=O) groups is 1. The number of nitrogens with one attached hydrogen (secondary N) is 2. The lowest BCUT2D eigenvalue weighted by Gasteiger charge is -2.10. The lowest BCUT2D eigenvalue weighted by molar-refractivity contribution is 0.168. The maximum absolute atomic E-state index is 11.3. The quantitative estimate of drug-likeness (QED) is 0.642. The second-order valence-corrected chi connectivity index (χ2v) is 4.25. The minimum atomic E-state index is -0.544. The van der Waals surface area contributed by atoms with Gasteiger partial charge in [0.2, 0.25) is 0 Å². The van der Waals surface area contributed by atoms with Gasteiger partial charge in [0.1, 0.15) is 0 Å². The van der Waals surface area contributed by atoms with Crippen molar-refractivity contribution in [2.45, 2.75) is 6.92 Å². The molecule has 0 unspecified atom stereocenters. The molecule has 7 heteroatoms. The van der Waals surface area contributed by atoms with Gasteiger partial charge in [-0.25, -0.2) is 9.78 Å². The van der Waals surface area contributed by atoms with Crippen molar-refractivity contribution in [2.75, 3.05) is 28.7 Å². The van der Waals surface area contributed by atoms with Crippen LogP contribution in [0.3, 0.4) is 0 Å². The Morgan fingerprint density at radius 2 is 1.95 bits per heavy atom. The minimum Gasteiger partial charge on any atom is -0.450 e. The molecule has 0 fully saturated rings. The fraction of sp³-hybridized carbons (Fsp3) is 0.143. The van der Waals surface area contributed by atoms with Gasteiger partial charge in [0.15, 0.2) is 5.82 Å². The van der Waals surface area contributed by atoms with E-state index in [0.717, 1.165) is 5.69 Å². The molecule has 0 aliphatic rings. The van der Waals surface area contributed by atoms with Crippen molar-refractivity contribution >= 4 is 34.7 Å². The number of benzene rings is 1. The summed E-state index contributed by atoms with van der Waals surface area (Å²) in [5.41, 5.74) is 13.9. The lowest BCUT2D eigenvalue weighted by atomic mass is 10.2. The van der Waals surface area contributed by atoms with Gasteiger partial charge in [-0.05, 0) is 37.3 Å². The van der Waals surface area contributed by atoms with Gasteiger partial charge in [-0.1, -0.05) is 0 Å². The lowest BCUT2D eigenvalue weighted by Crippen LogP contribution is -2.14. The third kappa shape index (κ3) is 4.00. The van der Waals surface area contributed by atoms with Crippen LogP contribution < -0.4 is 22.1 Å². The van der Waals surface area contributed by atoms with Crippen molar-refractivity contribution in [2.24, 2.45) is 0 Å². The first kappa shape index (κ1) is 14.4. The van der Waals surface area contributed by atoms with E-state index in [0.29, 0.717) is 29.5 Å². The molecule has 1 aromatic carbocycles. The molecule has 0 spiro atoms. The van der Waals surface area contributed by atoms with E-state index in [2.05, 4.69) is 15.6 Å². The van der Waals surface area contributed by atoms with E-state index in [-0.39, 0.29) is 0 Å². The van der Waals surface area contributed by atoms with Crippen molar-refractivity contribution in [3.63, 3.8) is 0 Å². The van der Waals surface area contributed by atoms with Crippen molar-refractivity contribution in [1.82, 2.24) is 4.98 Å². The van der Waals surface area contributed by atoms with Gasteiger partial charge in [0.05, 0.1) is 24.2 Å². The summed E-state index contributed by atoms with van der Waals surface area (Å²) in [7, 11) is 0. The highest BCUT2D eigenvalue weighted by atomic mass is 16.5. The van der Waals surface area contributed by atoms with Crippen molar-refractivity contribution < 1.29 is 9.53 Å². The highest BCUT2D eigenvalue weighted by Gasteiger charge is 2.06. The predicted octanol–water partition coefficient (Wildman–Crippen LogP) is 2.56. The van der Waals surface area contributed by atoms with Crippen molar-refractivity contribution in [3.8, 4) is 0 Å². The number of pyridine rings is 1. The van der Waals surface area contributed by atoms with Gasteiger partial charge in [-0.15, -0.1) is 0 Å². The largest absolute Gasteiger partial charge is 0.450 e. The van der Waals surface area contributed by atoms with Gasteiger partial charge >= 0.3 is 6.09 Å². The van der Waals surface area contributed by atoms with E-state index >= 15 is 0 Å². The number of nitrogen functional groups attached to an aromatic ring is 2. The van der Waals surface area contributed by atoms with Crippen LogP contribution in [-0.2, 0) is 4.74 Å². The zero-order chi connectivity index (χ0) is 15.2. The molecule has 2 rings (SSSR count). The van der Waals surface area contributed by atoms with Crippen LogP contribution in [0.25, 0.3) is 0 Å². The molecule has 0 bridgehead atoms. The molecule has 110 valence electrons. The number of hydrogen-bond donors (Lipinski definition) is 4. The number of ether oxygens (including phenoxy) is 1. The zero-order valence-corrected chi connectivity index (χ0v) is 11.6. The number of rotatable bonds is 4. The highest BCUT2D eigenvalue weighted by Crippen LogP contribution is 2.23. The summed E-state index contributed by atoms with van der Waals surface area (Å²) >= 11 is 0. The Labute approximate surface area is 122 Å². The van der Waals surface area contributed by atoms with Crippen LogP contribution in [0.5, 0.6) is 0 Å². The maximum Gasteiger partial charge on any atom is 0.411 e. The number of nitrogens with two attached hydrogens (primary N) is 2. The monoisotopic (exact) mass is 287 g/mol. The number of hydrogen-bond acceptors (Lipinski definition) is 6. The average molecular weight is 287 g/mol. The molecule has 1 heterocycles. The summed E-state index contributed by atoms with van der Waals surface area (Å²) in [5.74, 6) is 0.495. The van der Waals surface area contributed by atoms with Crippen LogP contribution in [-0.4, -0.2) is 17.7 Å². The van der Waals surface area contributed by atoms with E-state index in [1.54, 1.807) is 25.1 Å². The Morgan fingerprint density at radius 3 is 2.57 bits per heavy atom. The zero-order valence-electron chi connectivity index (χ0n) is 11.6. The molecule has 1 aromatic heterocycles. The van der Waals surface area contributed by atoms with Crippen LogP contribution in [0.1, 0.15) is 6.92 Å². The third-order valence-electron chi connectivity index (χ3n) is 2.61. The predicted molar refractivity (Wildman–Crippen MR) is 83.4 cm³/mol. The molecular weight excluding hydrogens is 270 g/mol. The summed E-state index contributed by atoms with van der Waals surface area (Å²) in [4.78, 5) is 15.5. The topological polar surface area (TPSA) is 115 Å². The van der Waals surface area contributed by atoms with Crippen LogP contribution >= 0.6 is 0 Å². The fourth-order valence-corrected chi connectivity index (χ4v) is 1.64. The molecular formula is C14H17N5O2. The SMILES string of the molecule is CCOC(=O)Nc1cnc(Nc2ccc(N)cc2)c(N)c1. The van der Waals surface area contributed by atoms with Crippen molar-refractivity contribution in [1.29, 1.82) is 0 Å². The van der Waals surface area contributed by atoms with Gasteiger partial charge < -0.3 is 21.5 Å². The first-order valence-electron chi connectivity index (χ1n) is 6.40. The number of carbonyl (C=O) groups excluding carboxylic acids is 1. The van der Waals surface area contributed by atoms with E-state index in [4.69, 9.17) is 16.2 Å². The molecule has 1 amide bonds. The molecule has 0 aliphatic carbocycles. The van der Waals surface area contributed by atoms with Gasteiger partial charge in [-0.3, -0.25) is 5.32 Å². The highest BCUT2D eigenvalue weighted by molar-refractivity contribution is 5.86. The molecule has 6 N–H and O–H groups in total. The molecule has 21 heavy (non-hydrogen) atoms. The molecule has 7 nitrogen and oxygen atoms in total. The van der Waals surface area contributed by atoms with E-state index in [1.165, 1.54) is 6.20 Å². The molecule has 0 saturated heterocycles. The van der Waals surface area contributed by atoms with E-state index in [9.17, 15) is 4.79 Å². The van der Waals surface area contributed by atoms with E-state index < -0.39 is 6.09 Å². The summed E-state index contributed by atoms with van der Waals surface area (Å²) in [6.45, 7) is 2.03. The van der Waals surface area contributed by atoms with Gasteiger partial charge in [-0.2, -0.15) is 0 Å². The smallest absolute Gasteiger partial charge is 0.411 e. The second-order valence-electron chi connectivity index (χ2n) is 4.25. The molecule has 2 aromatic rings. The Hall–Kier alpha value is -2.96. The van der Waals surface area contributed by atoms with Gasteiger partial charge in [0.25, 0.3) is 0 Å². The third-order valence-corrected chi connectivity index (χ3v) is 2.61. The maximum atomic E-state index is 11.3. The Balaban J connectivity index is 2.08. The van der Waals surface area contributed by atoms with Gasteiger partial charge in [0, 0.05) is 11.4 Å². The Morgan fingerprint density at radius 1 is 1.24 bits per heavy atom. The molecule has 0 saturated carbocycles. The molecule has 0 radical (unpaired) electrons. The van der Waals surface area contributed by atoms with E-state index in [1.807, 2.05) is 12.1 Å². The van der Waals surface area contributed by atoms with Crippen LogP contribution in [0.15, 0.2) is 36.5 Å². The van der Waals surface area contributed by atoms with Crippen LogP contribution in [0, 0.1) is 0 Å². The first-order chi connectivity index (χ1) is 10.1. The van der Waals surface area contributed by atoms with Crippen molar-refractivity contribution in [3.05, 3.63) is 36.5 Å². The summed E-state index contributed by atoms with van der Waals surface area (Å²) in [6, 6.07) is 8.79. The molecule has 0 aliphatic heterocycles. The number of anilines is 5. The summed E-state index contributed by atoms with van der Waals surface area (Å²) in [6.07, 6.45) is 0.949. The Kier molecular flexibility index (Phi) is 4.45. The normalized spacial score (nSPS) is 9.95. The number of nitrogens with zero attached hydrogens (tertiary/aromatic N) is 1. The van der Waals surface area contributed by atoms with Crippen LogP contribution in [0.4, 0.5) is 33.4 Å². The second kappa shape index (κ2) is 6.47. The average Bonchev–Trinajstić information content (AvgIpc) is 2.44. The fourth-order valence-electron chi connectivity index (χ4n) is 1.64. The summed E-state index contributed by atoms with van der Waals surface area (Å²) < 4.78 is 4.78. The minimum absolute atomic E-state index is 0.297. The first-order valence-corrected chi connectivity index (χ1v) is 6.40. The Bertz CT molecular complexity index is 628. The standard InChI is InChI=1S/C14H17N5O2/c1-2-21-14(20)19-11-7-12(16)13(17-8-11)18-10-5-3-9(15)4-6-10/h3-8H,2,15-16H2,1H3,(H,17,18)(H,19,20). The number of amides is 1. The number of aromatic nitrogens is 1. The summed E-state index contributed by atoms with van der Waals surface area (Å²) in [5, 5.41) is 5.60. The van der Waals surface area contributed by atoms with Crippen LogP contribution in [0.2, 0.25) is 0 Å². The molecule has 0 atom stereocenters.